The molecular weight excluding hydrogens is 362 g/mol. The highest BCUT2D eigenvalue weighted by Crippen LogP contribution is 2.24. The van der Waals surface area contributed by atoms with Crippen LogP contribution in [0.15, 0.2) is 42.5 Å². The van der Waals surface area contributed by atoms with Crippen LogP contribution in [0, 0.1) is 25.2 Å². The summed E-state index contributed by atoms with van der Waals surface area (Å²) in [4.78, 5) is 26.8. The van der Waals surface area contributed by atoms with Gasteiger partial charge in [0.1, 0.15) is 0 Å². The number of likely N-dealkylation sites (tertiary alicyclic amines) is 1. The predicted octanol–water partition coefficient (Wildman–Crippen LogP) is 3.53. The van der Waals surface area contributed by atoms with Gasteiger partial charge in [0.2, 0.25) is 5.91 Å². The molecule has 2 aromatic rings. The van der Waals surface area contributed by atoms with Gasteiger partial charge in [-0.05, 0) is 62.9 Å². The van der Waals surface area contributed by atoms with Crippen LogP contribution in [0.2, 0.25) is 0 Å². The molecule has 0 aromatic heterocycles. The van der Waals surface area contributed by atoms with E-state index in [4.69, 9.17) is 5.26 Å². The second-order valence-corrected chi connectivity index (χ2v) is 7.96. The fourth-order valence-corrected chi connectivity index (χ4v) is 4.18. The van der Waals surface area contributed by atoms with Crippen molar-refractivity contribution in [3.8, 4) is 6.07 Å². The van der Waals surface area contributed by atoms with Gasteiger partial charge in [-0.3, -0.25) is 9.59 Å². The van der Waals surface area contributed by atoms with E-state index in [2.05, 4.69) is 17.5 Å². The highest BCUT2D eigenvalue weighted by atomic mass is 16.2. The zero-order valence-electron chi connectivity index (χ0n) is 17.2. The number of carbonyl (C=O) groups is 2. The summed E-state index contributed by atoms with van der Waals surface area (Å²) < 4.78 is 0. The van der Waals surface area contributed by atoms with Crippen LogP contribution >= 0.6 is 0 Å². The monoisotopic (exact) mass is 389 g/mol. The number of benzene rings is 2. The minimum Gasteiger partial charge on any atom is -0.353 e. The normalized spacial score (nSPS) is 18.8. The lowest BCUT2D eigenvalue weighted by atomic mass is 9.91. The molecule has 0 saturated carbocycles. The Labute approximate surface area is 172 Å². The Kier molecular flexibility index (Phi) is 6.33. The molecule has 3 rings (SSSR count). The molecule has 0 aliphatic carbocycles. The number of aryl methyl sites for hydroxylation is 2. The van der Waals surface area contributed by atoms with Crippen LogP contribution in [-0.4, -0.2) is 35.3 Å². The van der Waals surface area contributed by atoms with Gasteiger partial charge in [0, 0.05) is 31.1 Å². The van der Waals surface area contributed by atoms with Crippen LogP contribution in [0.1, 0.15) is 52.4 Å². The second kappa shape index (κ2) is 8.91. The van der Waals surface area contributed by atoms with Crippen molar-refractivity contribution in [2.24, 2.45) is 0 Å². The SMILES string of the molecule is CC(=O)N[C@H]1CCN(C(=O)c2cc(C)cc(C)c2)[C@H](Cc2ccc(C#N)cc2)C1. The number of amides is 2. The van der Waals surface area contributed by atoms with Gasteiger partial charge in [-0.15, -0.1) is 0 Å². The van der Waals surface area contributed by atoms with Crippen molar-refractivity contribution in [3.05, 3.63) is 70.3 Å². The standard InChI is InChI=1S/C24H27N3O2/c1-16-10-17(2)12-21(11-16)24(29)27-9-8-22(26-18(3)28)14-23(27)13-19-4-6-20(15-25)7-5-19/h4-7,10-12,22-23H,8-9,13-14H2,1-3H3,(H,26,28)/t22-,23+/m0/s1. The van der Waals surface area contributed by atoms with E-state index in [-0.39, 0.29) is 23.9 Å². The molecule has 29 heavy (non-hydrogen) atoms. The van der Waals surface area contributed by atoms with Crippen LogP contribution in [0.3, 0.4) is 0 Å². The number of hydrogen-bond acceptors (Lipinski definition) is 3. The van der Waals surface area contributed by atoms with Crippen LogP contribution in [0.25, 0.3) is 0 Å². The Hall–Kier alpha value is -3.13. The summed E-state index contributed by atoms with van der Waals surface area (Å²) >= 11 is 0. The average molecular weight is 389 g/mol. The van der Waals surface area contributed by atoms with Crippen LogP contribution in [0.4, 0.5) is 0 Å². The minimum absolute atomic E-state index is 0.0122. The van der Waals surface area contributed by atoms with Crippen molar-refractivity contribution in [1.29, 1.82) is 5.26 Å². The largest absolute Gasteiger partial charge is 0.353 e. The van der Waals surface area contributed by atoms with Crippen molar-refractivity contribution in [2.75, 3.05) is 6.54 Å². The first-order valence-electron chi connectivity index (χ1n) is 10.0. The second-order valence-electron chi connectivity index (χ2n) is 7.96. The first-order valence-corrected chi connectivity index (χ1v) is 10.0. The number of nitrogens with one attached hydrogen (secondary N) is 1. The third kappa shape index (κ3) is 5.23. The lowest BCUT2D eigenvalue weighted by Crippen LogP contribution is -2.52. The van der Waals surface area contributed by atoms with E-state index < -0.39 is 0 Å². The molecular formula is C24H27N3O2. The molecule has 1 N–H and O–H groups in total. The highest BCUT2D eigenvalue weighted by Gasteiger charge is 2.32. The molecule has 5 nitrogen and oxygen atoms in total. The van der Waals surface area contributed by atoms with Crippen molar-refractivity contribution in [3.63, 3.8) is 0 Å². The zero-order chi connectivity index (χ0) is 21.0. The molecule has 150 valence electrons. The Morgan fingerprint density at radius 2 is 1.79 bits per heavy atom. The Balaban J connectivity index is 1.85. The summed E-state index contributed by atoms with van der Waals surface area (Å²) in [5.41, 5.74) is 4.56. The fraction of sp³-hybridized carbons (Fsp3) is 0.375. The lowest BCUT2D eigenvalue weighted by Gasteiger charge is -2.40. The first-order chi connectivity index (χ1) is 13.9. The first kappa shape index (κ1) is 20.6. The minimum atomic E-state index is -0.0405. The third-order valence-corrected chi connectivity index (χ3v) is 5.41. The van der Waals surface area contributed by atoms with E-state index in [9.17, 15) is 9.59 Å². The number of piperidine rings is 1. The van der Waals surface area contributed by atoms with Gasteiger partial charge in [0.05, 0.1) is 11.6 Å². The summed E-state index contributed by atoms with van der Waals surface area (Å²) in [6, 6.07) is 15.6. The summed E-state index contributed by atoms with van der Waals surface area (Å²) in [6.07, 6.45) is 2.16. The van der Waals surface area contributed by atoms with E-state index in [0.29, 0.717) is 24.1 Å². The molecule has 0 unspecified atom stereocenters. The van der Waals surface area contributed by atoms with E-state index in [1.807, 2.05) is 43.0 Å². The van der Waals surface area contributed by atoms with Crippen LogP contribution in [-0.2, 0) is 11.2 Å². The summed E-state index contributed by atoms with van der Waals surface area (Å²) in [5.74, 6) is -0.00192. The maximum atomic E-state index is 13.3. The number of hydrogen-bond donors (Lipinski definition) is 1. The van der Waals surface area contributed by atoms with Crippen molar-refractivity contribution in [1.82, 2.24) is 10.2 Å². The molecule has 0 radical (unpaired) electrons. The van der Waals surface area contributed by atoms with Gasteiger partial charge in [0.15, 0.2) is 0 Å². The molecule has 2 atom stereocenters. The van der Waals surface area contributed by atoms with Crippen molar-refractivity contribution in [2.45, 2.75) is 52.1 Å². The van der Waals surface area contributed by atoms with Gasteiger partial charge in [-0.25, -0.2) is 0 Å². The summed E-state index contributed by atoms with van der Waals surface area (Å²) in [5, 5.41) is 12.0. The summed E-state index contributed by atoms with van der Waals surface area (Å²) in [6.45, 7) is 6.14. The predicted molar refractivity (Wildman–Crippen MR) is 112 cm³/mol. The molecule has 5 heteroatoms. The molecule has 1 fully saturated rings. The number of nitriles is 1. The Bertz CT molecular complexity index is 923. The average Bonchev–Trinajstić information content (AvgIpc) is 2.67. The van der Waals surface area contributed by atoms with Gasteiger partial charge < -0.3 is 10.2 Å². The third-order valence-electron chi connectivity index (χ3n) is 5.41. The topological polar surface area (TPSA) is 73.2 Å². The van der Waals surface area contributed by atoms with Gasteiger partial charge >= 0.3 is 0 Å². The summed E-state index contributed by atoms with van der Waals surface area (Å²) in [7, 11) is 0. The fourth-order valence-electron chi connectivity index (χ4n) is 4.18. The molecule has 0 spiro atoms. The van der Waals surface area contributed by atoms with Gasteiger partial charge in [-0.2, -0.15) is 5.26 Å². The zero-order valence-corrected chi connectivity index (χ0v) is 17.2. The van der Waals surface area contributed by atoms with E-state index in [0.717, 1.165) is 29.5 Å². The maximum Gasteiger partial charge on any atom is 0.254 e. The van der Waals surface area contributed by atoms with E-state index in [1.165, 1.54) is 6.92 Å². The lowest BCUT2D eigenvalue weighted by molar-refractivity contribution is -0.120. The number of carbonyl (C=O) groups excluding carboxylic acids is 2. The van der Waals surface area contributed by atoms with E-state index >= 15 is 0 Å². The van der Waals surface area contributed by atoms with Gasteiger partial charge in [-0.1, -0.05) is 29.3 Å². The quantitative estimate of drug-likeness (QED) is 0.869. The smallest absolute Gasteiger partial charge is 0.254 e. The van der Waals surface area contributed by atoms with E-state index in [1.54, 1.807) is 12.1 Å². The molecule has 2 aromatic carbocycles. The molecule has 2 amide bonds. The van der Waals surface area contributed by atoms with Crippen molar-refractivity contribution >= 4 is 11.8 Å². The molecule has 1 saturated heterocycles. The molecule has 1 aliphatic heterocycles. The van der Waals surface area contributed by atoms with Crippen LogP contribution in [0.5, 0.6) is 0 Å². The molecule has 0 bridgehead atoms. The Morgan fingerprint density at radius 1 is 1.14 bits per heavy atom. The van der Waals surface area contributed by atoms with Gasteiger partial charge in [0.25, 0.3) is 5.91 Å². The number of nitrogens with zero attached hydrogens (tertiary/aromatic N) is 2. The molecule has 1 aliphatic rings. The Morgan fingerprint density at radius 3 is 2.38 bits per heavy atom. The maximum absolute atomic E-state index is 13.3. The highest BCUT2D eigenvalue weighted by molar-refractivity contribution is 5.95. The molecule has 1 heterocycles. The van der Waals surface area contributed by atoms with Crippen LogP contribution < -0.4 is 5.32 Å². The number of rotatable bonds is 4. The van der Waals surface area contributed by atoms with Crippen molar-refractivity contribution < 1.29 is 9.59 Å².